The van der Waals surface area contributed by atoms with E-state index in [1.807, 2.05) is 6.07 Å². The summed E-state index contributed by atoms with van der Waals surface area (Å²) in [6.07, 6.45) is 0. The molecule has 2 rings (SSSR count). The Kier molecular flexibility index (Phi) is 5.17. The maximum absolute atomic E-state index is 10.7. The molecule has 7 heteroatoms. The van der Waals surface area contributed by atoms with Gasteiger partial charge in [0, 0.05) is 10.2 Å². The topological polar surface area (TPSA) is 64.2 Å². The van der Waals surface area contributed by atoms with Gasteiger partial charge in [0.15, 0.2) is 5.11 Å². The molecule has 0 aliphatic rings. The van der Waals surface area contributed by atoms with Crippen molar-refractivity contribution in [3.8, 4) is 0 Å². The third-order valence-electron chi connectivity index (χ3n) is 2.56. The number of hydrogen-bond acceptors (Lipinski definition) is 3. The Balaban J connectivity index is 2.02. The second-order valence-corrected chi connectivity index (χ2v) is 5.80. The predicted molar refractivity (Wildman–Crippen MR) is 89.8 cm³/mol. The van der Waals surface area contributed by atoms with Crippen molar-refractivity contribution in [1.29, 1.82) is 0 Å². The second kappa shape index (κ2) is 6.89. The molecule has 0 aliphatic heterocycles. The SMILES string of the molecule is O=C([O-])c1ccc(NC(=S)Nc2ccc(Br)cc2Cl)cc1. The third-order valence-corrected chi connectivity index (χ3v) is 3.57. The lowest BCUT2D eigenvalue weighted by atomic mass is 10.2. The number of nitrogens with one attached hydrogen (secondary N) is 2. The molecule has 0 aromatic heterocycles. The number of carbonyl (C=O) groups excluding carboxylic acids is 1. The highest BCUT2D eigenvalue weighted by atomic mass is 79.9. The van der Waals surface area contributed by atoms with E-state index in [2.05, 4.69) is 26.6 Å². The molecule has 108 valence electrons. The van der Waals surface area contributed by atoms with Gasteiger partial charge in [0.1, 0.15) is 0 Å². The molecular formula is C14H9BrClN2O2S-. The zero-order chi connectivity index (χ0) is 15.4. The van der Waals surface area contributed by atoms with Gasteiger partial charge in [0.05, 0.1) is 16.7 Å². The molecule has 0 amide bonds. The number of rotatable bonds is 3. The summed E-state index contributed by atoms with van der Waals surface area (Å²) in [5, 5.41) is 17.4. The number of halogens is 2. The molecule has 0 heterocycles. The minimum absolute atomic E-state index is 0.107. The molecule has 0 spiro atoms. The highest BCUT2D eigenvalue weighted by Gasteiger charge is 2.04. The van der Waals surface area contributed by atoms with Gasteiger partial charge in [-0.25, -0.2) is 0 Å². The minimum Gasteiger partial charge on any atom is -0.545 e. The van der Waals surface area contributed by atoms with Gasteiger partial charge >= 0.3 is 0 Å². The van der Waals surface area contributed by atoms with Crippen LogP contribution in [0.25, 0.3) is 0 Å². The van der Waals surface area contributed by atoms with Gasteiger partial charge in [-0.1, -0.05) is 39.7 Å². The van der Waals surface area contributed by atoms with Crippen molar-refractivity contribution in [1.82, 2.24) is 0 Å². The van der Waals surface area contributed by atoms with Crippen LogP contribution in [-0.2, 0) is 0 Å². The molecule has 2 N–H and O–H groups in total. The van der Waals surface area contributed by atoms with Crippen LogP contribution in [0.4, 0.5) is 11.4 Å². The number of thiocarbonyl (C=S) groups is 1. The highest BCUT2D eigenvalue weighted by Crippen LogP contribution is 2.25. The van der Waals surface area contributed by atoms with Crippen LogP contribution in [0.3, 0.4) is 0 Å². The van der Waals surface area contributed by atoms with Crippen molar-refractivity contribution >= 4 is 62.2 Å². The number of carboxylic acid groups (broad SMARTS) is 1. The van der Waals surface area contributed by atoms with Crippen LogP contribution in [0.5, 0.6) is 0 Å². The molecule has 0 unspecified atom stereocenters. The monoisotopic (exact) mass is 383 g/mol. The molecule has 0 fully saturated rings. The Hall–Kier alpha value is -1.63. The number of carboxylic acids is 1. The largest absolute Gasteiger partial charge is 0.545 e. The first kappa shape index (κ1) is 15.8. The fourth-order valence-electron chi connectivity index (χ4n) is 1.57. The summed E-state index contributed by atoms with van der Waals surface area (Å²) in [5.74, 6) is -1.22. The van der Waals surface area contributed by atoms with Crippen molar-refractivity contribution in [2.45, 2.75) is 0 Å². The summed E-state index contributed by atoms with van der Waals surface area (Å²) in [4.78, 5) is 10.7. The van der Waals surface area contributed by atoms with Gasteiger partial charge in [0.25, 0.3) is 0 Å². The van der Waals surface area contributed by atoms with Crippen LogP contribution in [0.1, 0.15) is 10.4 Å². The zero-order valence-electron chi connectivity index (χ0n) is 10.5. The minimum atomic E-state index is -1.22. The van der Waals surface area contributed by atoms with Crippen molar-refractivity contribution in [3.05, 3.63) is 57.5 Å². The first-order valence-corrected chi connectivity index (χ1v) is 7.38. The zero-order valence-corrected chi connectivity index (χ0v) is 13.7. The van der Waals surface area contributed by atoms with Crippen molar-refractivity contribution in [3.63, 3.8) is 0 Å². The van der Waals surface area contributed by atoms with E-state index in [9.17, 15) is 9.90 Å². The Labute approximate surface area is 140 Å². The lowest BCUT2D eigenvalue weighted by molar-refractivity contribution is -0.255. The van der Waals surface area contributed by atoms with Gasteiger partial charge in [-0.2, -0.15) is 0 Å². The van der Waals surface area contributed by atoms with E-state index in [0.29, 0.717) is 21.5 Å². The molecule has 0 saturated carbocycles. The van der Waals surface area contributed by atoms with Crippen molar-refractivity contribution in [2.75, 3.05) is 10.6 Å². The summed E-state index contributed by atoms with van der Waals surface area (Å²) in [6.45, 7) is 0. The Morgan fingerprint density at radius 3 is 2.38 bits per heavy atom. The van der Waals surface area contributed by atoms with E-state index >= 15 is 0 Å². The first-order valence-electron chi connectivity index (χ1n) is 5.80. The van der Waals surface area contributed by atoms with Crippen LogP contribution < -0.4 is 15.7 Å². The predicted octanol–water partition coefficient (Wildman–Crippen LogP) is 3.27. The Bertz CT molecular complexity index is 692. The van der Waals surface area contributed by atoms with Gasteiger partial charge in [-0.3, -0.25) is 0 Å². The van der Waals surface area contributed by atoms with E-state index in [1.165, 1.54) is 12.1 Å². The Morgan fingerprint density at radius 1 is 1.14 bits per heavy atom. The quantitative estimate of drug-likeness (QED) is 0.795. The number of carbonyl (C=O) groups is 1. The van der Waals surface area contributed by atoms with Gasteiger partial charge < -0.3 is 20.5 Å². The summed E-state index contributed by atoms with van der Waals surface area (Å²) < 4.78 is 0.870. The van der Waals surface area contributed by atoms with Crippen LogP contribution >= 0.6 is 39.7 Å². The first-order chi connectivity index (χ1) is 9.95. The molecule has 0 bridgehead atoms. The fraction of sp³-hybridized carbons (Fsp3) is 0. The molecule has 4 nitrogen and oxygen atoms in total. The summed E-state index contributed by atoms with van der Waals surface area (Å²) >= 11 is 14.6. The lowest BCUT2D eigenvalue weighted by Crippen LogP contribution is -2.22. The smallest absolute Gasteiger partial charge is 0.175 e. The van der Waals surface area contributed by atoms with Gasteiger partial charge in [0.2, 0.25) is 0 Å². The van der Waals surface area contributed by atoms with E-state index in [4.69, 9.17) is 23.8 Å². The average molecular weight is 385 g/mol. The fourth-order valence-corrected chi connectivity index (χ4v) is 2.51. The normalized spacial score (nSPS) is 10.0. The van der Waals surface area contributed by atoms with Crippen LogP contribution in [0.2, 0.25) is 5.02 Å². The van der Waals surface area contributed by atoms with Gasteiger partial charge in [-0.05, 0) is 48.1 Å². The van der Waals surface area contributed by atoms with Crippen molar-refractivity contribution < 1.29 is 9.90 Å². The van der Waals surface area contributed by atoms with E-state index in [-0.39, 0.29) is 5.56 Å². The number of benzene rings is 2. The lowest BCUT2D eigenvalue weighted by Gasteiger charge is -2.12. The molecule has 0 aliphatic carbocycles. The number of anilines is 2. The molecule has 0 saturated heterocycles. The third kappa shape index (κ3) is 4.42. The summed E-state index contributed by atoms with van der Waals surface area (Å²) in [7, 11) is 0. The summed E-state index contributed by atoms with van der Waals surface area (Å²) in [5.41, 5.74) is 1.44. The van der Waals surface area contributed by atoms with E-state index in [1.54, 1.807) is 24.3 Å². The second-order valence-electron chi connectivity index (χ2n) is 4.07. The van der Waals surface area contributed by atoms with Gasteiger partial charge in [-0.15, -0.1) is 0 Å². The highest BCUT2D eigenvalue weighted by molar-refractivity contribution is 9.10. The molecule has 0 radical (unpaired) electrons. The number of hydrogen-bond donors (Lipinski definition) is 2. The van der Waals surface area contributed by atoms with Crippen LogP contribution in [0.15, 0.2) is 46.9 Å². The standard InChI is InChI=1S/C14H10BrClN2O2S/c15-9-3-6-12(11(16)7-9)18-14(21)17-10-4-1-8(2-5-10)13(19)20/h1-7H,(H,19,20)(H2,17,18,21)/p-1. The van der Waals surface area contributed by atoms with Crippen molar-refractivity contribution in [2.24, 2.45) is 0 Å². The maximum Gasteiger partial charge on any atom is 0.175 e. The molecule has 21 heavy (non-hydrogen) atoms. The average Bonchev–Trinajstić information content (AvgIpc) is 2.42. The molecule has 2 aromatic rings. The molecule has 0 atom stereocenters. The van der Waals surface area contributed by atoms with Crippen LogP contribution in [-0.4, -0.2) is 11.1 Å². The molecular weight excluding hydrogens is 376 g/mol. The maximum atomic E-state index is 10.7. The molecule has 2 aromatic carbocycles. The number of aromatic carboxylic acids is 1. The van der Waals surface area contributed by atoms with E-state index in [0.717, 1.165) is 4.47 Å². The summed E-state index contributed by atoms with van der Waals surface area (Å²) in [6, 6.07) is 11.5. The Morgan fingerprint density at radius 2 is 1.81 bits per heavy atom. The van der Waals surface area contributed by atoms with E-state index < -0.39 is 5.97 Å². The van der Waals surface area contributed by atoms with Crippen LogP contribution in [0, 0.1) is 0 Å².